The minimum absolute atomic E-state index is 0.436. The van der Waals surface area contributed by atoms with Crippen LogP contribution in [0.15, 0.2) is 64.4 Å². The number of H-pyrrole nitrogens is 1. The monoisotopic (exact) mass is 444 g/mol. The number of aromatic amines is 1. The van der Waals surface area contributed by atoms with Crippen LogP contribution < -0.4 is 4.74 Å². The summed E-state index contributed by atoms with van der Waals surface area (Å²) < 4.78 is 13.0. The number of thioether (sulfide) groups is 1. The first-order valence-corrected chi connectivity index (χ1v) is 11.4. The second-order valence-electron chi connectivity index (χ2n) is 7.69. The highest BCUT2D eigenvalue weighted by atomic mass is 32.2. The fraction of sp³-hybridized carbons (Fsp3) is 0.217. The van der Waals surface area contributed by atoms with Crippen molar-refractivity contribution >= 4 is 22.7 Å². The van der Waals surface area contributed by atoms with Crippen molar-refractivity contribution in [3.05, 3.63) is 60.6 Å². The van der Waals surface area contributed by atoms with E-state index in [9.17, 15) is 0 Å². The standard InChI is InChI=1S/C23H20N6O2S/c1-30-16-6-4-5-14(11-16)21-25-20(31-28-21)13-32-23-27-26-22(29(23)15-9-10-15)18-12-24-19-8-3-2-7-17(18)19/h2-8,11-12,15,24H,9-10,13H2,1H3. The van der Waals surface area contributed by atoms with Crippen LogP contribution in [0.1, 0.15) is 24.8 Å². The van der Waals surface area contributed by atoms with Crippen LogP contribution in [-0.2, 0) is 5.75 Å². The van der Waals surface area contributed by atoms with E-state index in [1.807, 2.05) is 42.6 Å². The number of ether oxygens (including phenoxy) is 1. The van der Waals surface area contributed by atoms with Gasteiger partial charge in [-0.05, 0) is 31.0 Å². The molecule has 160 valence electrons. The summed E-state index contributed by atoms with van der Waals surface area (Å²) in [7, 11) is 1.64. The van der Waals surface area contributed by atoms with Gasteiger partial charge in [0.15, 0.2) is 11.0 Å². The Balaban J connectivity index is 1.26. The second kappa shape index (κ2) is 7.83. The highest BCUT2D eigenvalue weighted by Crippen LogP contribution is 2.42. The lowest BCUT2D eigenvalue weighted by Gasteiger charge is -2.07. The molecule has 32 heavy (non-hydrogen) atoms. The fourth-order valence-corrected chi connectivity index (χ4v) is 4.64. The molecule has 0 spiro atoms. The van der Waals surface area contributed by atoms with E-state index in [2.05, 4.69) is 42.0 Å². The van der Waals surface area contributed by atoms with Crippen LogP contribution in [-0.4, -0.2) is 37.0 Å². The molecule has 0 aliphatic heterocycles. The van der Waals surface area contributed by atoms with E-state index >= 15 is 0 Å². The minimum Gasteiger partial charge on any atom is -0.497 e. The average molecular weight is 445 g/mol. The first-order valence-electron chi connectivity index (χ1n) is 10.4. The predicted octanol–water partition coefficient (Wildman–Crippen LogP) is 5.11. The molecular weight excluding hydrogens is 424 g/mol. The molecule has 0 unspecified atom stereocenters. The number of rotatable bonds is 7. The molecule has 0 atom stereocenters. The van der Waals surface area contributed by atoms with Crippen LogP contribution in [0.25, 0.3) is 33.7 Å². The largest absolute Gasteiger partial charge is 0.497 e. The fourth-order valence-electron chi connectivity index (χ4n) is 3.80. The number of para-hydroxylation sites is 1. The molecule has 6 rings (SSSR count). The summed E-state index contributed by atoms with van der Waals surface area (Å²) in [4.78, 5) is 7.88. The summed E-state index contributed by atoms with van der Waals surface area (Å²) in [6.07, 6.45) is 4.30. The molecule has 1 aliphatic rings. The number of nitrogens with one attached hydrogen (secondary N) is 1. The summed E-state index contributed by atoms with van der Waals surface area (Å²) in [6, 6.07) is 16.3. The van der Waals surface area contributed by atoms with Crippen molar-refractivity contribution in [2.24, 2.45) is 0 Å². The minimum atomic E-state index is 0.436. The van der Waals surface area contributed by atoms with Crippen molar-refractivity contribution in [1.29, 1.82) is 0 Å². The zero-order valence-corrected chi connectivity index (χ0v) is 18.2. The van der Waals surface area contributed by atoms with E-state index in [1.54, 1.807) is 18.9 Å². The van der Waals surface area contributed by atoms with E-state index in [4.69, 9.17) is 9.26 Å². The third kappa shape index (κ3) is 3.44. The number of methoxy groups -OCH3 is 1. The Bertz CT molecular complexity index is 1400. The first-order chi connectivity index (χ1) is 15.8. The molecule has 0 bridgehead atoms. The van der Waals surface area contributed by atoms with Crippen LogP contribution in [0.4, 0.5) is 0 Å². The normalized spacial score (nSPS) is 13.7. The van der Waals surface area contributed by atoms with Gasteiger partial charge in [0.2, 0.25) is 11.7 Å². The molecule has 3 aromatic heterocycles. The van der Waals surface area contributed by atoms with E-state index in [-0.39, 0.29) is 0 Å². The molecule has 1 N–H and O–H groups in total. The lowest BCUT2D eigenvalue weighted by Crippen LogP contribution is -1.99. The quantitative estimate of drug-likeness (QED) is 0.348. The maximum Gasteiger partial charge on any atom is 0.237 e. The van der Waals surface area contributed by atoms with E-state index in [0.29, 0.717) is 23.5 Å². The topological polar surface area (TPSA) is 94.7 Å². The van der Waals surface area contributed by atoms with Crippen LogP contribution >= 0.6 is 11.8 Å². The van der Waals surface area contributed by atoms with Gasteiger partial charge in [-0.15, -0.1) is 10.2 Å². The summed E-state index contributed by atoms with van der Waals surface area (Å²) >= 11 is 1.57. The van der Waals surface area contributed by atoms with Crippen molar-refractivity contribution in [3.63, 3.8) is 0 Å². The molecule has 0 radical (unpaired) electrons. The number of aromatic nitrogens is 6. The van der Waals surface area contributed by atoms with Crippen LogP contribution in [0.5, 0.6) is 5.75 Å². The van der Waals surface area contributed by atoms with Gasteiger partial charge in [-0.25, -0.2) is 0 Å². The lowest BCUT2D eigenvalue weighted by molar-refractivity contribution is 0.391. The van der Waals surface area contributed by atoms with Crippen LogP contribution in [0.3, 0.4) is 0 Å². The molecular formula is C23H20N6O2S. The molecule has 8 nitrogen and oxygen atoms in total. The molecule has 3 heterocycles. The maximum atomic E-state index is 5.48. The van der Waals surface area contributed by atoms with Gasteiger partial charge < -0.3 is 14.2 Å². The molecule has 1 aliphatic carbocycles. The van der Waals surface area contributed by atoms with Crippen molar-refractivity contribution in [2.45, 2.75) is 29.8 Å². The van der Waals surface area contributed by atoms with Gasteiger partial charge in [-0.2, -0.15) is 4.98 Å². The van der Waals surface area contributed by atoms with Gasteiger partial charge in [0, 0.05) is 34.3 Å². The highest BCUT2D eigenvalue weighted by molar-refractivity contribution is 7.98. The van der Waals surface area contributed by atoms with Gasteiger partial charge in [0.05, 0.1) is 12.9 Å². The number of hydrogen-bond acceptors (Lipinski definition) is 7. The van der Waals surface area contributed by atoms with E-state index in [0.717, 1.165) is 51.6 Å². The molecule has 1 fully saturated rings. The van der Waals surface area contributed by atoms with Crippen molar-refractivity contribution in [2.75, 3.05) is 7.11 Å². The third-order valence-electron chi connectivity index (χ3n) is 5.53. The predicted molar refractivity (Wildman–Crippen MR) is 121 cm³/mol. The summed E-state index contributed by atoms with van der Waals surface area (Å²) in [5, 5.41) is 15.2. The smallest absolute Gasteiger partial charge is 0.237 e. The molecule has 0 saturated heterocycles. The second-order valence-corrected chi connectivity index (χ2v) is 8.63. The van der Waals surface area contributed by atoms with Gasteiger partial charge in [0.25, 0.3) is 0 Å². The van der Waals surface area contributed by atoms with Gasteiger partial charge in [-0.3, -0.25) is 4.57 Å². The Morgan fingerprint density at radius 1 is 1.16 bits per heavy atom. The highest BCUT2D eigenvalue weighted by Gasteiger charge is 2.31. The Labute approximate surface area is 188 Å². The number of fused-ring (bicyclic) bond motifs is 1. The zero-order valence-electron chi connectivity index (χ0n) is 17.4. The Kier molecular flexibility index (Phi) is 4.68. The molecule has 1 saturated carbocycles. The summed E-state index contributed by atoms with van der Waals surface area (Å²) in [6.45, 7) is 0. The van der Waals surface area contributed by atoms with Gasteiger partial charge in [-0.1, -0.05) is 47.3 Å². The zero-order chi connectivity index (χ0) is 21.5. The van der Waals surface area contributed by atoms with E-state index < -0.39 is 0 Å². The SMILES string of the molecule is COc1cccc(-c2noc(CSc3nnc(-c4c[nH]c5ccccc45)n3C3CC3)n2)c1. The van der Waals surface area contributed by atoms with Crippen LogP contribution in [0, 0.1) is 0 Å². The maximum absolute atomic E-state index is 5.48. The first kappa shape index (κ1) is 19.1. The lowest BCUT2D eigenvalue weighted by atomic mass is 10.1. The molecule has 2 aromatic carbocycles. The third-order valence-corrected chi connectivity index (χ3v) is 6.46. The number of benzene rings is 2. The molecule has 5 aromatic rings. The summed E-state index contributed by atoms with van der Waals surface area (Å²) in [5.41, 5.74) is 3.02. The Morgan fingerprint density at radius 3 is 2.94 bits per heavy atom. The Hall–Kier alpha value is -3.59. The Morgan fingerprint density at radius 2 is 2.06 bits per heavy atom. The van der Waals surface area contributed by atoms with Crippen molar-refractivity contribution in [1.82, 2.24) is 29.9 Å². The number of nitrogens with zero attached hydrogens (tertiary/aromatic N) is 5. The number of hydrogen-bond donors (Lipinski definition) is 1. The van der Waals surface area contributed by atoms with Gasteiger partial charge in [0.1, 0.15) is 5.75 Å². The summed E-state index contributed by atoms with van der Waals surface area (Å²) in [5.74, 6) is 3.27. The van der Waals surface area contributed by atoms with Crippen molar-refractivity contribution in [3.8, 4) is 28.5 Å². The molecule has 0 amide bonds. The average Bonchev–Trinajstić information content (AvgIpc) is 3.24. The van der Waals surface area contributed by atoms with E-state index in [1.165, 1.54) is 0 Å². The van der Waals surface area contributed by atoms with Crippen molar-refractivity contribution < 1.29 is 9.26 Å². The van der Waals surface area contributed by atoms with Gasteiger partial charge >= 0.3 is 0 Å². The molecule has 9 heteroatoms. The van der Waals surface area contributed by atoms with Crippen LogP contribution in [0.2, 0.25) is 0 Å².